The molecular weight excluding hydrogens is 498 g/mol. The number of carbonyl (C=O) groups is 1. The Hall–Kier alpha value is -3.39. The lowest BCUT2D eigenvalue weighted by Crippen LogP contribution is -2.12. The number of thiophene rings is 2. The molecule has 0 bridgehead atoms. The number of methoxy groups -OCH3 is 1. The van der Waals surface area contributed by atoms with E-state index >= 15 is 0 Å². The van der Waals surface area contributed by atoms with E-state index in [-0.39, 0.29) is 5.91 Å². The second-order valence-corrected chi connectivity index (χ2v) is 10.7. The number of nitrogens with zero attached hydrogens (tertiary/aromatic N) is 1. The number of pyridine rings is 1. The van der Waals surface area contributed by atoms with Crippen molar-refractivity contribution in [3.63, 3.8) is 0 Å². The summed E-state index contributed by atoms with van der Waals surface area (Å²) in [6, 6.07) is 17.1. The lowest BCUT2D eigenvalue weighted by molar-refractivity contribution is 0.103. The summed E-state index contributed by atoms with van der Waals surface area (Å²) in [7, 11) is 1.61. The first-order chi connectivity index (χ1) is 17.0. The van der Waals surface area contributed by atoms with E-state index in [0.717, 1.165) is 51.2 Å². The van der Waals surface area contributed by atoms with Crippen molar-refractivity contribution in [3.05, 3.63) is 80.3 Å². The van der Waals surface area contributed by atoms with Crippen LogP contribution in [0.2, 0.25) is 5.02 Å². The number of halogens is 1. The molecule has 6 rings (SSSR count). The van der Waals surface area contributed by atoms with Gasteiger partial charge in [0.1, 0.15) is 15.5 Å². The van der Waals surface area contributed by atoms with Crippen LogP contribution in [-0.4, -0.2) is 18.0 Å². The van der Waals surface area contributed by atoms with E-state index in [1.807, 2.05) is 24.3 Å². The molecule has 0 unspecified atom stereocenters. The molecule has 5 aromatic rings. The second-order valence-electron chi connectivity index (χ2n) is 8.29. The fourth-order valence-electron chi connectivity index (χ4n) is 4.61. The van der Waals surface area contributed by atoms with Crippen LogP contribution in [0, 0.1) is 0 Å². The number of fused-ring (bicyclic) bond motifs is 4. The Balaban J connectivity index is 1.53. The van der Waals surface area contributed by atoms with Crippen molar-refractivity contribution < 1.29 is 9.53 Å². The third-order valence-corrected chi connectivity index (χ3v) is 8.60. The molecule has 174 valence electrons. The van der Waals surface area contributed by atoms with Crippen LogP contribution in [0.4, 0.5) is 11.4 Å². The standard InChI is InChI=1S/C27H20ClN3O2S2/c1-33-17-8-6-16(7-9-17)30-26(32)25-23(29)22-21(14-2-4-15(28)5-3-14)19-10-11-20-18(12-13-34-20)24(19)31-27(22)35-25/h2-9,12-13H,10-11,29H2,1H3,(H,30,32). The highest BCUT2D eigenvalue weighted by Crippen LogP contribution is 2.47. The van der Waals surface area contributed by atoms with E-state index in [1.54, 1.807) is 42.7 Å². The number of rotatable bonds is 4. The van der Waals surface area contributed by atoms with Crippen molar-refractivity contribution in [2.75, 3.05) is 18.2 Å². The number of hydrogen-bond acceptors (Lipinski definition) is 6. The zero-order valence-electron chi connectivity index (χ0n) is 18.7. The summed E-state index contributed by atoms with van der Waals surface area (Å²) in [6.45, 7) is 0. The molecule has 0 saturated carbocycles. The number of nitrogens with two attached hydrogens (primary N) is 1. The molecule has 1 aliphatic carbocycles. The van der Waals surface area contributed by atoms with Gasteiger partial charge in [0.15, 0.2) is 0 Å². The van der Waals surface area contributed by atoms with Gasteiger partial charge in [-0.15, -0.1) is 22.7 Å². The van der Waals surface area contributed by atoms with E-state index < -0.39 is 0 Å². The summed E-state index contributed by atoms with van der Waals surface area (Å²) in [6.07, 6.45) is 1.83. The van der Waals surface area contributed by atoms with Gasteiger partial charge in [-0.25, -0.2) is 4.98 Å². The highest BCUT2D eigenvalue weighted by atomic mass is 35.5. The number of aromatic nitrogens is 1. The maximum Gasteiger partial charge on any atom is 0.267 e. The molecule has 3 aromatic heterocycles. The van der Waals surface area contributed by atoms with E-state index in [2.05, 4.69) is 16.8 Å². The van der Waals surface area contributed by atoms with Crippen molar-refractivity contribution in [2.45, 2.75) is 12.8 Å². The predicted molar refractivity (Wildman–Crippen MR) is 146 cm³/mol. The molecule has 3 N–H and O–H groups in total. The highest BCUT2D eigenvalue weighted by Gasteiger charge is 2.28. The molecule has 0 radical (unpaired) electrons. The van der Waals surface area contributed by atoms with Crippen LogP contribution in [0.5, 0.6) is 5.75 Å². The maximum atomic E-state index is 13.3. The Bertz CT molecular complexity index is 1590. The third kappa shape index (κ3) is 3.76. The SMILES string of the molecule is COc1ccc(NC(=O)c2sc3nc4c(c(-c5ccc(Cl)cc5)c3c2N)CCc2sccc2-4)cc1. The Morgan fingerprint density at radius 2 is 1.86 bits per heavy atom. The third-order valence-electron chi connectivity index (χ3n) is 6.27. The molecule has 5 nitrogen and oxygen atoms in total. The number of carbonyl (C=O) groups excluding carboxylic acids is 1. The number of anilines is 2. The summed E-state index contributed by atoms with van der Waals surface area (Å²) in [5.74, 6) is 0.464. The number of hydrogen-bond donors (Lipinski definition) is 2. The lowest BCUT2D eigenvalue weighted by Gasteiger charge is -2.20. The largest absolute Gasteiger partial charge is 0.497 e. The Kier molecular flexibility index (Phi) is 5.48. The number of amides is 1. The van der Waals surface area contributed by atoms with Crippen molar-refractivity contribution in [1.82, 2.24) is 4.98 Å². The zero-order chi connectivity index (χ0) is 24.1. The van der Waals surface area contributed by atoms with Crippen LogP contribution in [0.1, 0.15) is 20.1 Å². The molecule has 35 heavy (non-hydrogen) atoms. The van der Waals surface area contributed by atoms with E-state index in [1.165, 1.54) is 21.8 Å². The number of ether oxygens (including phenoxy) is 1. The van der Waals surface area contributed by atoms with E-state index in [4.69, 9.17) is 27.1 Å². The first kappa shape index (κ1) is 22.1. The normalized spacial score (nSPS) is 12.3. The smallest absolute Gasteiger partial charge is 0.267 e. The molecule has 2 aromatic carbocycles. The van der Waals surface area contributed by atoms with Gasteiger partial charge in [-0.3, -0.25) is 4.79 Å². The van der Waals surface area contributed by atoms with Gasteiger partial charge < -0.3 is 15.8 Å². The average Bonchev–Trinajstić information content (AvgIpc) is 3.49. The molecule has 0 aliphatic heterocycles. The van der Waals surface area contributed by atoms with Gasteiger partial charge in [0.25, 0.3) is 5.91 Å². The van der Waals surface area contributed by atoms with Gasteiger partial charge in [-0.2, -0.15) is 0 Å². The van der Waals surface area contributed by atoms with Gasteiger partial charge >= 0.3 is 0 Å². The van der Waals surface area contributed by atoms with Gasteiger partial charge in [0, 0.05) is 26.5 Å². The fourth-order valence-corrected chi connectivity index (χ4v) is 6.61. The van der Waals surface area contributed by atoms with Crippen LogP contribution in [0.3, 0.4) is 0 Å². The summed E-state index contributed by atoms with van der Waals surface area (Å²) in [5.41, 5.74) is 13.2. The van der Waals surface area contributed by atoms with Crippen LogP contribution < -0.4 is 15.8 Å². The first-order valence-corrected chi connectivity index (χ1v) is 13.1. The molecule has 0 spiro atoms. The number of nitrogens with one attached hydrogen (secondary N) is 1. The lowest BCUT2D eigenvalue weighted by atomic mass is 9.87. The minimum Gasteiger partial charge on any atom is -0.497 e. The van der Waals surface area contributed by atoms with Crippen molar-refractivity contribution >= 4 is 61.8 Å². The molecule has 0 saturated heterocycles. The zero-order valence-corrected chi connectivity index (χ0v) is 21.1. The highest BCUT2D eigenvalue weighted by molar-refractivity contribution is 7.21. The van der Waals surface area contributed by atoms with Crippen molar-refractivity contribution in [2.24, 2.45) is 0 Å². The monoisotopic (exact) mass is 517 g/mol. The summed E-state index contributed by atoms with van der Waals surface area (Å²) in [5, 5.41) is 6.57. The van der Waals surface area contributed by atoms with Crippen LogP contribution in [0.25, 0.3) is 32.6 Å². The van der Waals surface area contributed by atoms with Crippen molar-refractivity contribution in [3.8, 4) is 28.1 Å². The average molecular weight is 518 g/mol. The van der Waals surface area contributed by atoms with Crippen molar-refractivity contribution in [1.29, 1.82) is 0 Å². The molecule has 1 aliphatic rings. The molecule has 8 heteroatoms. The molecule has 3 heterocycles. The van der Waals surface area contributed by atoms with Gasteiger partial charge in [-0.1, -0.05) is 23.7 Å². The van der Waals surface area contributed by atoms with E-state index in [0.29, 0.717) is 21.3 Å². The molecule has 0 atom stereocenters. The summed E-state index contributed by atoms with van der Waals surface area (Å²) < 4.78 is 5.20. The van der Waals surface area contributed by atoms with Gasteiger partial charge in [0.05, 0.1) is 18.5 Å². The predicted octanol–water partition coefficient (Wildman–Crippen LogP) is 7.29. The Labute approximate surface area is 215 Å². The van der Waals surface area contributed by atoms with Gasteiger partial charge in [0.2, 0.25) is 0 Å². The Morgan fingerprint density at radius 1 is 1.09 bits per heavy atom. The quantitative estimate of drug-likeness (QED) is 0.262. The topological polar surface area (TPSA) is 77.2 Å². The molecular formula is C27H20ClN3O2S2. The summed E-state index contributed by atoms with van der Waals surface area (Å²) >= 11 is 9.28. The number of nitrogen functional groups attached to an aromatic ring is 1. The molecule has 0 fully saturated rings. The van der Waals surface area contributed by atoms with Gasteiger partial charge in [-0.05, 0) is 77.4 Å². The minimum atomic E-state index is -0.257. The first-order valence-electron chi connectivity index (χ1n) is 11.1. The Morgan fingerprint density at radius 3 is 2.60 bits per heavy atom. The molecule has 1 amide bonds. The number of benzene rings is 2. The van der Waals surface area contributed by atoms with Crippen LogP contribution in [-0.2, 0) is 12.8 Å². The number of aryl methyl sites for hydroxylation is 1. The maximum absolute atomic E-state index is 13.3. The van der Waals surface area contributed by atoms with E-state index in [9.17, 15) is 4.79 Å². The van der Waals surface area contributed by atoms with Crippen LogP contribution in [0.15, 0.2) is 60.0 Å². The van der Waals surface area contributed by atoms with Crippen LogP contribution >= 0.6 is 34.3 Å². The minimum absolute atomic E-state index is 0.257. The second kappa shape index (κ2) is 8.68. The fraction of sp³-hybridized carbons (Fsp3) is 0.111. The summed E-state index contributed by atoms with van der Waals surface area (Å²) in [4.78, 5) is 20.9.